The number of nitriles is 1. The highest BCUT2D eigenvalue weighted by atomic mass is 35.5. The summed E-state index contributed by atoms with van der Waals surface area (Å²) in [6.07, 6.45) is 0. The molecule has 0 bridgehead atoms. The summed E-state index contributed by atoms with van der Waals surface area (Å²) in [5.74, 6) is -0.943. The molecule has 2 rings (SSSR count). The van der Waals surface area contributed by atoms with Gasteiger partial charge in [0.05, 0.1) is 17.3 Å². The van der Waals surface area contributed by atoms with Crippen molar-refractivity contribution >= 4 is 27.3 Å². The van der Waals surface area contributed by atoms with Crippen molar-refractivity contribution in [3.05, 3.63) is 58.9 Å². The van der Waals surface area contributed by atoms with Gasteiger partial charge in [-0.2, -0.15) is 5.26 Å². The number of sulfonamides is 1. The van der Waals surface area contributed by atoms with E-state index >= 15 is 0 Å². The molecular weight excluding hydrogens is 303 g/mol. The van der Waals surface area contributed by atoms with E-state index in [1.165, 1.54) is 30.3 Å². The maximum Gasteiger partial charge on any atom is 0.264 e. The molecule has 0 aliphatic rings. The van der Waals surface area contributed by atoms with Crippen LogP contribution in [-0.4, -0.2) is 8.42 Å². The summed E-state index contributed by atoms with van der Waals surface area (Å²) >= 11 is 5.58. The molecule has 0 aromatic heterocycles. The molecule has 0 atom stereocenters. The first-order valence-corrected chi connectivity index (χ1v) is 7.26. The van der Waals surface area contributed by atoms with Crippen LogP contribution in [0.25, 0.3) is 0 Å². The lowest BCUT2D eigenvalue weighted by atomic mass is 10.2. The van der Waals surface area contributed by atoms with Crippen LogP contribution in [0.15, 0.2) is 47.4 Å². The fourth-order valence-electron chi connectivity index (χ4n) is 1.56. The molecule has 0 aliphatic carbocycles. The molecule has 20 heavy (non-hydrogen) atoms. The van der Waals surface area contributed by atoms with Crippen LogP contribution in [0, 0.1) is 17.1 Å². The molecular formula is C13H8ClFN2O2S. The van der Waals surface area contributed by atoms with Gasteiger partial charge in [0.25, 0.3) is 10.0 Å². The molecule has 2 aromatic carbocycles. The van der Waals surface area contributed by atoms with Crippen molar-refractivity contribution in [3.63, 3.8) is 0 Å². The smallest absolute Gasteiger partial charge is 0.264 e. The third-order valence-corrected chi connectivity index (χ3v) is 4.08. The molecule has 7 heteroatoms. The number of hydrogen-bond donors (Lipinski definition) is 1. The Labute approximate surface area is 120 Å². The number of anilines is 1. The van der Waals surface area contributed by atoms with Gasteiger partial charge < -0.3 is 0 Å². The number of nitrogens with zero attached hydrogens (tertiary/aromatic N) is 1. The van der Waals surface area contributed by atoms with Crippen LogP contribution in [-0.2, 0) is 10.0 Å². The highest BCUT2D eigenvalue weighted by Gasteiger charge is 2.19. The summed E-state index contributed by atoms with van der Waals surface area (Å²) in [7, 11) is -4.08. The van der Waals surface area contributed by atoms with E-state index in [0.29, 0.717) is 5.56 Å². The van der Waals surface area contributed by atoms with Crippen LogP contribution in [0.4, 0.5) is 10.1 Å². The van der Waals surface area contributed by atoms with Gasteiger partial charge in [-0.05, 0) is 36.4 Å². The second-order valence-electron chi connectivity index (χ2n) is 3.87. The number of rotatable bonds is 3. The quantitative estimate of drug-likeness (QED) is 0.946. The molecule has 1 N–H and O–H groups in total. The van der Waals surface area contributed by atoms with Gasteiger partial charge in [-0.15, -0.1) is 0 Å². The Kier molecular flexibility index (Phi) is 3.93. The van der Waals surface area contributed by atoms with E-state index in [1.807, 2.05) is 6.07 Å². The molecule has 0 amide bonds. The Morgan fingerprint density at radius 1 is 1.20 bits per heavy atom. The van der Waals surface area contributed by atoms with Gasteiger partial charge in [0.15, 0.2) is 0 Å². The average molecular weight is 311 g/mol. The molecule has 0 spiro atoms. The zero-order valence-corrected chi connectivity index (χ0v) is 11.5. The molecule has 4 nitrogen and oxygen atoms in total. The lowest BCUT2D eigenvalue weighted by Crippen LogP contribution is -2.14. The predicted molar refractivity (Wildman–Crippen MR) is 73.4 cm³/mol. The van der Waals surface area contributed by atoms with Crippen molar-refractivity contribution in [2.45, 2.75) is 4.90 Å². The molecule has 0 unspecified atom stereocenters. The monoisotopic (exact) mass is 310 g/mol. The minimum absolute atomic E-state index is 0.105. The highest BCUT2D eigenvalue weighted by molar-refractivity contribution is 7.92. The van der Waals surface area contributed by atoms with Crippen LogP contribution in [0.1, 0.15) is 5.56 Å². The summed E-state index contributed by atoms with van der Waals surface area (Å²) in [6.45, 7) is 0. The van der Waals surface area contributed by atoms with E-state index in [4.69, 9.17) is 16.9 Å². The molecule has 0 saturated heterocycles. The van der Waals surface area contributed by atoms with E-state index in [1.54, 1.807) is 0 Å². The van der Waals surface area contributed by atoms with Gasteiger partial charge in [0.1, 0.15) is 10.7 Å². The Bertz CT molecular complexity index is 800. The Hall–Kier alpha value is -2.10. The van der Waals surface area contributed by atoms with Crippen molar-refractivity contribution in [1.82, 2.24) is 0 Å². The van der Waals surface area contributed by atoms with Crippen LogP contribution >= 0.6 is 11.6 Å². The molecule has 102 valence electrons. The lowest BCUT2D eigenvalue weighted by molar-refractivity contribution is 0.570. The Morgan fingerprint density at radius 2 is 1.95 bits per heavy atom. The van der Waals surface area contributed by atoms with Crippen molar-refractivity contribution in [3.8, 4) is 6.07 Å². The van der Waals surface area contributed by atoms with Gasteiger partial charge in [0, 0.05) is 5.02 Å². The van der Waals surface area contributed by atoms with E-state index in [9.17, 15) is 12.8 Å². The van der Waals surface area contributed by atoms with E-state index < -0.39 is 20.7 Å². The fraction of sp³-hybridized carbons (Fsp3) is 0. The van der Waals surface area contributed by atoms with Crippen molar-refractivity contribution < 1.29 is 12.8 Å². The highest BCUT2D eigenvalue weighted by Crippen LogP contribution is 2.22. The van der Waals surface area contributed by atoms with Crippen LogP contribution in [0.5, 0.6) is 0 Å². The first kappa shape index (κ1) is 14.3. The predicted octanol–water partition coefficient (Wildman–Crippen LogP) is 3.15. The number of hydrogen-bond acceptors (Lipinski definition) is 3. The number of benzene rings is 2. The average Bonchev–Trinajstić information content (AvgIpc) is 2.37. The summed E-state index contributed by atoms with van der Waals surface area (Å²) in [5.41, 5.74) is 0.472. The molecule has 0 heterocycles. The second-order valence-corrected chi connectivity index (χ2v) is 5.96. The van der Waals surface area contributed by atoms with Crippen LogP contribution < -0.4 is 4.72 Å². The van der Waals surface area contributed by atoms with Crippen molar-refractivity contribution in [2.24, 2.45) is 0 Å². The largest absolute Gasteiger partial charge is 0.279 e. The first-order chi connectivity index (χ1) is 9.42. The standard InChI is InChI=1S/C13H8ClFN2O2S/c14-10-4-5-13(12(15)7-10)20(18,19)17-11-3-1-2-9(6-11)8-16/h1-7,17H. The van der Waals surface area contributed by atoms with Gasteiger partial charge in [0.2, 0.25) is 0 Å². The normalized spacial score (nSPS) is 10.8. The first-order valence-electron chi connectivity index (χ1n) is 5.40. The maximum absolute atomic E-state index is 13.6. The van der Waals surface area contributed by atoms with E-state index in [2.05, 4.69) is 4.72 Å². The van der Waals surface area contributed by atoms with Gasteiger partial charge in [-0.25, -0.2) is 12.8 Å². The third kappa shape index (κ3) is 3.07. The van der Waals surface area contributed by atoms with E-state index in [0.717, 1.165) is 12.1 Å². The molecule has 2 aromatic rings. The summed E-state index contributed by atoms with van der Waals surface area (Å²) in [6, 6.07) is 11.0. The minimum Gasteiger partial charge on any atom is -0.279 e. The minimum atomic E-state index is -4.08. The van der Waals surface area contributed by atoms with E-state index in [-0.39, 0.29) is 10.7 Å². The topological polar surface area (TPSA) is 70.0 Å². The molecule has 0 fully saturated rings. The summed E-state index contributed by atoms with van der Waals surface area (Å²) in [5, 5.41) is 8.85. The van der Waals surface area contributed by atoms with Crippen LogP contribution in [0.2, 0.25) is 5.02 Å². The van der Waals surface area contributed by atoms with Gasteiger partial charge >= 0.3 is 0 Å². The van der Waals surface area contributed by atoms with Crippen LogP contribution in [0.3, 0.4) is 0 Å². The fourth-order valence-corrected chi connectivity index (χ4v) is 2.82. The summed E-state index contributed by atoms with van der Waals surface area (Å²) in [4.78, 5) is -0.510. The van der Waals surface area contributed by atoms with Gasteiger partial charge in [-0.3, -0.25) is 4.72 Å². The van der Waals surface area contributed by atoms with Crippen molar-refractivity contribution in [2.75, 3.05) is 4.72 Å². The molecule has 0 saturated carbocycles. The van der Waals surface area contributed by atoms with Crippen molar-refractivity contribution in [1.29, 1.82) is 5.26 Å². The summed E-state index contributed by atoms with van der Waals surface area (Å²) < 4.78 is 40.0. The Balaban J connectivity index is 2.38. The third-order valence-electron chi connectivity index (χ3n) is 2.43. The Morgan fingerprint density at radius 3 is 2.60 bits per heavy atom. The maximum atomic E-state index is 13.6. The zero-order chi connectivity index (χ0) is 14.8. The zero-order valence-electron chi connectivity index (χ0n) is 9.97. The SMILES string of the molecule is N#Cc1cccc(NS(=O)(=O)c2ccc(Cl)cc2F)c1. The lowest BCUT2D eigenvalue weighted by Gasteiger charge is -2.09. The number of nitrogens with one attached hydrogen (secondary N) is 1. The second kappa shape index (κ2) is 5.49. The molecule has 0 aliphatic heterocycles. The molecule has 0 radical (unpaired) electrons. The number of halogens is 2. The van der Waals surface area contributed by atoms with Gasteiger partial charge in [-0.1, -0.05) is 17.7 Å².